The molecule has 0 spiro atoms. The first kappa shape index (κ1) is 17.6. The molecule has 8 heteroatoms. The number of alkyl halides is 1. The Morgan fingerprint density at radius 1 is 1.10 bits per heavy atom. The molecule has 1 N–H and O–H groups in total. The molecular weight excluding hydrogens is 366 g/mol. The minimum Gasteiger partial charge on any atom is -0.229 e. The van der Waals surface area contributed by atoms with E-state index < -0.39 is 36.9 Å². The van der Waals surface area contributed by atoms with Crippen molar-refractivity contribution in [2.45, 2.75) is 12.5 Å². The van der Waals surface area contributed by atoms with Crippen molar-refractivity contribution in [2.24, 2.45) is 0 Å². The quantitative estimate of drug-likeness (QED) is 0.718. The molecule has 1 unspecified atom stereocenters. The zero-order valence-electron chi connectivity index (χ0n) is 11.3. The molecule has 5 nitrogen and oxygen atoms in total. The predicted molar refractivity (Wildman–Crippen MR) is 84.2 cm³/mol. The van der Waals surface area contributed by atoms with Crippen molar-refractivity contribution in [3.05, 3.63) is 35.9 Å². The van der Waals surface area contributed by atoms with E-state index in [0.717, 1.165) is 11.8 Å². The molecule has 0 amide bonds. The van der Waals surface area contributed by atoms with Crippen LogP contribution in [0.4, 0.5) is 0 Å². The van der Waals surface area contributed by atoms with Gasteiger partial charge in [-0.05, 0) is 12.5 Å². The Labute approximate surface area is 128 Å². The second-order valence-electron chi connectivity index (χ2n) is 4.88. The third-order valence-electron chi connectivity index (χ3n) is 2.78. The lowest BCUT2D eigenvalue weighted by molar-refractivity contribution is 0.482. The molecule has 1 atom stereocenters. The molecule has 0 fully saturated rings. The fourth-order valence-corrected chi connectivity index (χ4v) is 5.34. The normalized spacial score (nSPS) is 15.8. The van der Waals surface area contributed by atoms with E-state index in [1.807, 2.05) is 30.3 Å². The number of sulfonamides is 1. The van der Waals surface area contributed by atoms with Crippen LogP contribution in [0.3, 0.4) is 0 Å². The Kier molecular flexibility index (Phi) is 5.77. The maximum atomic E-state index is 12.0. The van der Waals surface area contributed by atoms with E-state index in [4.69, 9.17) is 0 Å². The van der Waals surface area contributed by atoms with Crippen molar-refractivity contribution in [1.29, 1.82) is 0 Å². The Bertz CT molecular complexity index is 643. The third kappa shape index (κ3) is 5.51. The number of hydrogen-bond donors (Lipinski definition) is 1. The van der Waals surface area contributed by atoms with Gasteiger partial charge in [0.2, 0.25) is 10.0 Å². The van der Waals surface area contributed by atoms with Crippen LogP contribution >= 0.6 is 15.9 Å². The van der Waals surface area contributed by atoms with E-state index in [0.29, 0.717) is 5.33 Å². The van der Waals surface area contributed by atoms with Gasteiger partial charge >= 0.3 is 0 Å². The van der Waals surface area contributed by atoms with Crippen LogP contribution < -0.4 is 4.72 Å². The van der Waals surface area contributed by atoms with Crippen molar-refractivity contribution in [3.63, 3.8) is 0 Å². The summed E-state index contributed by atoms with van der Waals surface area (Å²) in [5.41, 5.74) is -0.0165. The zero-order valence-corrected chi connectivity index (χ0v) is 14.6. The first-order valence-electron chi connectivity index (χ1n) is 5.89. The summed E-state index contributed by atoms with van der Waals surface area (Å²) in [6.07, 6.45) is 1.02. The van der Waals surface area contributed by atoms with Gasteiger partial charge in [0.25, 0.3) is 0 Å². The molecule has 0 saturated carbocycles. The van der Waals surface area contributed by atoms with Crippen LogP contribution in [0, 0.1) is 0 Å². The molecule has 1 aromatic carbocycles. The van der Waals surface area contributed by atoms with Gasteiger partial charge in [0.15, 0.2) is 0 Å². The smallest absolute Gasteiger partial charge is 0.213 e. The first-order valence-corrected chi connectivity index (χ1v) is 10.7. The van der Waals surface area contributed by atoms with Gasteiger partial charge < -0.3 is 0 Å². The molecule has 1 rings (SSSR count). The number of benzene rings is 1. The van der Waals surface area contributed by atoms with Crippen LogP contribution in [-0.2, 0) is 25.4 Å². The molecule has 0 aromatic heterocycles. The molecule has 0 bridgehead atoms. The predicted octanol–water partition coefficient (Wildman–Crippen LogP) is 1.26. The molecule has 20 heavy (non-hydrogen) atoms. The number of sulfone groups is 1. The van der Waals surface area contributed by atoms with Crippen LogP contribution in [0.2, 0.25) is 0 Å². The summed E-state index contributed by atoms with van der Waals surface area (Å²) in [5, 5.41) is 0.377. The highest BCUT2D eigenvalue weighted by Gasteiger charge is 2.30. The lowest BCUT2D eigenvalue weighted by Crippen LogP contribution is -2.46. The SMILES string of the molecule is CC(CBr)(NS(=O)(=O)CCS(C)(=O)=O)c1ccccc1. The van der Waals surface area contributed by atoms with Gasteiger partial charge in [-0.15, -0.1) is 0 Å². The maximum absolute atomic E-state index is 12.0. The number of halogens is 1. The minimum absolute atomic E-state index is 0.377. The van der Waals surface area contributed by atoms with E-state index in [1.165, 1.54) is 0 Å². The fourth-order valence-electron chi connectivity index (χ4n) is 1.62. The topological polar surface area (TPSA) is 80.3 Å². The van der Waals surface area contributed by atoms with Gasteiger partial charge in [-0.2, -0.15) is 0 Å². The van der Waals surface area contributed by atoms with E-state index in [9.17, 15) is 16.8 Å². The Balaban J connectivity index is 2.93. The van der Waals surface area contributed by atoms with E-state index >= 15 is 0 Å². The molecule has 0 saturated heterocycles. The molecule has 0 heterocycles. The van der Waals surface area contributed by atoms with Crippen molar-refractivity contribution in [3.8, 4) is 0 Å². The lowest BCUT2D eigenvalue weighted by atomic mass is 9.96. The standard InChI is InChI=1S/C12H18BrNO4S2/c1-12(10-13,11-6-4-3-5-7-11)14-20(17,18)9-8-19(2,15)16/h3-7,14H,8-10H2,1-2H3. The summed E-state index contributed by atoms with van der Waals surface area (Å²) in [7, 11) is -7.01. The number of rotatable bonds is 7. The van der Waals surface area contributed by atoms with E-state index in [2.05, 4.69) is 20.7 Å². The molecule has 0 aliphatic carbocycles. The van der Waals surface area contributed by atoms with Crippen LogP contribution in [0.15, 0.2) is 30.3 Å². The average molecular weight is 384 g/mol. The summed E-state index contributed by atoms with van der Waals surface area (Å²) in [4.78, 5) is 0. The lowest BCUT2D eigenvalue weighted by Gasteiger charge is -2.29. The summed E-state index contributed by atoms with van der Waals surface area (Å²) < 4.78 is 48.8. The second kappa shape index (κ2) is 6.55. The molecular formula is C12H18BrNO4S2. The summed E-state index contributed by atoms with van der Waals surface area (Å²) in [6.45, 7) is 1.75. The minimum atomic E-state index is -3.69. The summed E-state index contributed by atoms with van der Waals surface area (Å²) in [6, 6.07) is 9.12. The van der Waals surface area contributed by atoms with Gasteiger partial charge in [-0.25, -0.2) is 21.6 Å². The number of hydrogen-bond acceptors (Lipinski definition) is 4. The van der Waals surface area contributed by atoms with Crippen LogP contribution in [0.1, 0.15) is 12.5 Å². The van der Waals surface area contributed by atoms with Gasteiger partial charge in [0, 0.05) is 11.6 Å². The van der Waals surface area contributed by atoms with Gasteiger partial charge in [0.05, 0.1) is 17.0 Å². The zero-order chi connectivity index (χ0) is 15.4. The molecule has 0 radical (unpaired) electrons. The fraction of sp³-hybridized carbons (Fsp3) is 0.500. The average Bonchev–Trinajstić information content (AvgIpc) is 2.36. The van der Waals surface area contributed by atoms with Crippen LogP contribution in [-0.4, -0.2) is 39.9 Å². The van der Waals surface area contributed by atoms with Gasteiger partial charge in [0.1, 0.15) is 9.84 Å². The highest BCUT2D eigenvalue weighted by molar-refractivity contribution is 9.09. The van der Waals surface area contributed by atoms with Gasteiger partial charge in [-0.1, -0.05) is 46.3 Å². The largest absolute Gasteiger partial charge is 0.229 e. The third-order valence-corrected chi connectivity index (χ3v) is 6.61. The van der Waals surface area contributed by atoms with Crippen LogP contribution in [0.25, 0.3) is 0 Å². The summed E-state index contributed by atoms with van der Waals surface area (Å²) in [5.74, 6) is -0.837. The molecule has 114 valence electrons. The van der Waals surface area contributed by atoms with Crippen molar-refractivity contribution in [2.75, 3.05) is 23.1 Å². The maximum Gasteiger partial charge on any atom is 0.213 e. The molecule has 1 aromatic rings. The Hall–Kier alpha value is -0.440. The van der Waals surface area contributed by atoms with E-state index in [-0.39, 0.29) is 0 Å². The summed E-state index contributed by atoms with van der Waals surface area (Å²) >= 11 is 3.31. The highest BCUT2D eigenvalue weighted by Crippen LogP contribution is 2.24. The van der Waals surface area contributed by atoms with E-state index in [1.54, 1.807) is 6.92 Å². The first-order chi connectivity index (χ1) is 9.08. The van der Waals surface area contributed by atoms with Crippen molar-refractivity contribution in [1.82, 2.24) is 4.72 Å². The molecule has 0 aliphatic rings. The Morgan fingerprint density at radius 3 is 2.10 bits per heavy atom. The van der Waals surface area contributed by atoms with Crippen LogP contribution in [0.5, 0.6) is 0 Å². The van der Waals surface area contributed by atoms with Crippen molar-refractivity contribution < 1.29 is 16.8 Å². The Morgan fingerprint density at radius 2 is 1.65 bits per heavy atom. The number of nitrogens with one attached hydrogen (secondary N) is 1. The van der Waals surface area contributed by atoms with Gasteiger partial charge in [-0.3, -0.25) is 0 Å². The monoisotopic (exact) mass is 383 g/mol. The highest BCUT2D eigenvalue weighted by atomic mass is 79.9. The second-order valence-corrected chi connectivity index (χ2v) is 9.54. The molecule has 0 aliphatic heterocycles. The van der Waals surface area contributed by atoms with Crippen molar-refractivity contribution >= 4 is 35.8 Å².